The number of benzene rings is 1. The summed E-state index contributed by atoms with van der Waals surface area (Å²) in [6.07, 6.45) is 1.28. The zero-order valence-corrected chi connectivity index (χ0v) is 11.3. The first-order valence-electron chi connectivity index (χ1n) is 6.83. The lowest BCUT2D eigenvalue weighted by Gasteiger charge is -2.20. The van der Waals surface area contributed by atoms with Crippen LogP contribution in [-0.2, 0) is 16.1 Å². The summed E-state index contributed by atoms with van der Waals surface area (Å²) < 4.78 is 5.24. The number of amides is 1. The molecule has 1 unspecified atom stereocenters. The van der Waals surface area contributed by atoms with E-state index in [4.69, 9.17) is 4.74 Å². The van der Waals surface area contributed by atoms with Crippen LogP contribution in [0.3, 0.4) is 0 Å². The number of nitrogens with zero attached hydrogens (tertiary/aromatic N) is 1. The Morgan fingerprint density at radius 3 is 2.65 bits per heavy atom. The first-order chi connectivity index (χ1) is 9.66. The summed E-state index contributed by atoms with van der Waals surface area (Å²) in [5.41, 5.74) is 0.934. The third kappa shape index (κ3) is 3.98. The maximum absolute atomic E-state index is 11.9. The third-order valence-corrected chi connectivity index (χ3v) is 3.52. The van der Waals surface area contributed by atoms with E-state index in [2.05, 4.69) is 0 Å². The summed E-state index contributed by atoms with van der Waals surface area (Å²) in [6.45, 7) is 1.18. The van der Waals surface area contributed by atoms with E-state index < -0.39 is 11.9 Å². The molecule has 5 heteroatoms. The number of hydrogen-bond acceptors (Lipinski definition) is 4. The number of hydrogen-bond donors (Lipinski definition) is 0. The summed E-state index contributed by atoms with van der Waals surface area (Å²) >= 11 is 0. The molecule has 0 aromatic heterocycles. The first-order valence-corrected chi connectivity index (χ1v) is 6.83. The number of carboxylic acid groups (broad SMARTS) is 1. The van der Waals surface area contributed by atoms with Crippen molar-refractivity contribution in [2.45, 2.75) is 25.9 Å². The minimum atomic E-state index is -1.02. The highest BCUT2D eigenvalue weighted by Gasteiger charge is 2.22. The Bertz CT molecular complexity index is 460. The number of ether oxygens (including phenoxy) is 1. The van der Waals surface area contributed by atoms with Crippen molar-refractivity contribution in [1.29, 1.82) is 0 Å². The molecule has 1 aromatic carbocycles. The topological polar surface area (TPSA) is 69.7 Å². The Hall–Kier alpha value is -2.04. The lowest BCUT2D eigenvalue weighted by atomic mass is 10.0. The van der Waals surface area contributed by atoms with Crippen LogP contribution in [0.2, 0.25) is 0 Å². The molecule has 0 spiro atoms. The van der Waals surface area contributed by atoms with Gasteiger partial charge in [0.15, 0.2) is 0 Å². The van der Waals surface area contributed by atoms with Crippen molar-refractivity contribution in [2.24, 2.45) is 5.92 Å². The average molecular weight is 276 g/mol. The molecule has 1 saturated heterocycles. The second kappa shape index (κ2) is 6.93. The molecule has 1 heterocycles. The fourth-order valence-electron chi connectivity index (χ4n) is 2.33. The number of likely N-dealkylation sites (tertiary alicyclic amines) is 1. The summed E-state index contributed by atoms with van der Waals surface area (Å²) in [7, 11) is 0. The van der Waals surface area contributed by atoms with Gasteiger partial charge < -0.3 is 19.5 Å². The Morgan fingerprint density at radius 1 is 1.20 bits per heavy atom. The molecule has 1 fully saturated rings. The zero-order chi connectivity index (χ0) is 14.4. The number of rotatable bonds is 3. The van der Waals surface area contributed by atoms with Gasteiger partial charge in [-0.15, -0.1) is 0 Å². The minimum Gasteiger partial charge on any atom is -0.550 e. The molecule has 1 atom stereocenters. The molecule has 1 amide bonds. The van der Waals surface area contributed by atoms with E-state index in [1.165, 1.54) is 0 Å². The molecule has 0 bridgehead atoms. The second-order valence-electron chi connectivity index (χ2n) is 4.97. The molecule has 108 valence electrons. The Kier molecular flexibility index (Phi) is 4.98. The van der Waals surface area contributed by atoms with Crippen molar-refractivity contribution in [3.8, 4) is 0 Å². The Balaban J connectivity index is 1.82. The summed E-state index contributed by atoms with van der Waals surface area (Å²) in [4.78, 5) is 24.4. The number of carbonyl (C=O) groups excluding carboxylic acids is 2. The van der Waals surface area contributed by atoms with Crippen LogP contribution in [0.5, 0.6) is 0 Å². The van der Waals surface area contributed by atoms with Gasteiger partial charge in [0.05, 0.1) is 0 Å². The summed E-state index contributed by atoms with van der Waals surface area (Å²) in [6, 6.07) is 9.46. The quantitative estimate of drug-likeness (QED) is 0.831. The van der Waals surface area contributed by atoms with Gasteiger partial charge in [0.1, 0.15) is 6.61 Å². The van der Waals surface area contributed by atoms with Crippen LogP contribution in [-0.4, -0.2) is 30.1 Å². The summed E-state index contributed by atoms with van der Waals surface area (Å²) in [5.74, 6) is -1.48. The fraction of sp³-hybridized carbons (Fsp3) is 0.467. The summed E-state index contributed by atoms with van der Waals surface area (Å²) in [5, 5.41) is 10.8. The van der Waals surface area contributed by atoms with E-state index in [9.17, 15) is 14.7 Å². The van der Waals surface area contributed by atoms with E-state index in [0.717, 1.165) is 5.56 Å². The van der Waals surface area contributed by atoms with Gasteiger partial charge >= 0.3 is 6.09 Å². The second-order valence-corrected chi connectivity index (χ2v) is 4.97. The molecular weight excluding hydrogens is 258 g/mol. The molecule has 0 N–H and O–H groups in total. The Morgan fingerprint density at radius 2 is 1.95 bits per heavy atom. The van der Waals surface area contributed by atoms with Crippen LogP contribution in [0.4, 0.5) is 4.79 Å². The molecule has 5 nitrogen and oxygen atoms in total. The highest BCUT2D eigenvalue weighted by molar-refractivity contribution is 5.69. The number of carbonyl (C=O) groups is 2. The zero-order valence-electron chi connectivity index (χ0n) is 11.3. The molecule has 1 aliphatic heterocycles. The van der Waals surface area contributed by atoms with Crippen molar-refractivity contribution >= 4 is 12.1 Å². The van der Waals surface area contributed by atoms with E-state index >= 15 is 0 Å². The van der Waals surface area contributed by atoms with Crippen LogP contribution in [0, 0.1) is 5.92 Å². The predicted molar refractivity (Wildman–Crippen MR) is 70.5 cm³/mol. The van der Waals surface area contributed by atoms with Gasteiger partial charge in [-0.1, -0.05) is 30.3 Å². The minimum absolute atomic E-state index is 0.236. The highest BCUT2D eigenvalue weighted by atomic mass is 16.6. The standard InChI is InChI=1S/C15H19NO4/c17-14(18)13-7-4-9-16(10-8-13)15(19)20-11-12-5-2-1-3-6-12/h1-3,5-6,13H,4,7-11H2,(H,17,18)/p-1. The van der Waals surface area contributed by atoms with Crippen molar-refractivity contribution in [2.75, 3.05) is 13.1 Å². The maximum Gasteiger partial charge on any atom is 0.410 e. The SMILES string of the molecule is O=C([O-])C1CCCN(C(=O)OCc2ccccc2)CC1. The predicted octanol–water partition coefficient (Wildman–Crippen LogP) is 1.18. The van der Waals surface area contributed by atoms with Crippen molar-refractivity contribution in [3.05, 3.63) is 35.9 Å². The smallest absolute Gasteiger partial charge is 0.410 e. The van der Waals surface area contributed by atoms with Crippen LogP contribution >= 0.6 is 0 Å². The average Bonchev–Trinajstić information content (AvgIpc) is 2.72. The molecule has 20 heavy (non-hydrogen) atoms. The van der Waals surface area contributed by atoms with Gasteiger partial charge in [-0.25, -0.2) is 4.79 Å². The van der Waals surface area contributed by atoms with Crippen LogP contribution in [0.15, 0.2) is 30.3 Å². The number of carboxylic acids is 1. The van der Waals surface area contributed by atoms with Crippen LogP contribution in [0.1, 0.15) is 24.8 Å². The highest BCUT2D eigenvalue weighted by Crippen LogP contribution is 2.17. The molecule has 1 aromatic rings. The molecular formula is C15H18NO4-. The van der Waals surface area contributed by atoms with Crippen molar-refractivity contribution in [1.82, 2.24) is 4.90 Å². The van der Waals surface area contributed by atoms with E-state index in [-0.39, 0.29) is 12.7 Å². The normalized spacial score (nSPS) is 19.2. The molecule has 1 aliphatic rings. The molecule has 0 aliphatic carbocycles. The van der Waals surface area contributed by atoms with E-state index in [0.29, 0.717) is 32.4 Å². The van der Waals surface area contributed by atoms with E-state index in [1.54, 1.807) is 4.90 Å². The van der Waals surface area contributed by atoms with Crippen LogP contribution in [0.25, 0.3) is 0 Å². The van der Waals surface area contributed by atoms with Gasteiger partial charge in [-0.3, -0.25) is 0 Å². The van der Waals surface area contributed by atoms with Gasteiger partial charge in [-0.2, -0.15) is 0 Å². The largest absolute Gasteiger partial charge is 0.550 e. The van der Waals surface area contributed by atoms with E-state index in [1.807, 2.05) is 30.3 Å². The van der Waals surface area contributed by atoms with Gasteiger partial charge in [0.25, 0.3) is 0 Å². The van der Waals surface area contributed by atoms with Gasteiger partial charge in [-0.05, 0) is 24.8 Å². The van der Waals surface area contributed by atoms with Crippen LogP contribution < -0.4 is 5.11 Å². The van der Waals surface area contributed by atoms with Crippen molar-refractivity contribution < 1.29 is 19.4 Å². The lowest BCUT2D eigenvalue weighted by molar-refractivity contribution is -0.311. The molecule has 2 rings (SSSR count). The fourth-order valence-corrected chi connectivity index (χ4v) is 2.33. The molecule has 0 radical (unpaired) electrons. The number of aliphatic carboxylic acids is 1. The first kappa shape index (κ1) is 14.4. The lowest BCUT2D eigenvalue weighted by Crippen LogP contribution is -2.34. The van der Waals surface area contributed by atoms with Gasteiger partial charge in [0, 0.05) is 25.0 Å². The van der Waals surface area contributed by atoms with Crippen molar-refractivity contribution in [3.63, 3.8) is 0 Å². The maximum atomic E-state index is 11.9. The van der Waals surface area contributed by atoms with Gasteiger partial charge in [0.2, 0.25) is 0 Å². The third-order valence-electron chi connectivity index (χ3n) is 3.52. The molecule has 0 saturated carbocycles. The monoisotopic (exact) mass is 276 g/mol. The Labute approximate surface area is 118 Å².